The number of hydrogen-bond acceptors (Lipinski definition) is 35. The molecular weight excluding hydrogens is 1600 g/mol. The molecule has 0 bridgehead atoms. The van der Waals surface area contributed by atoms with Crippen molar-refractivity contribution in [2.75, 3.05) is 337 Å². The van der Waals surface area contributed by atoms with Crippen LogP contribution in [0.3, 0.4) is 0 Å². The molecule has 9 aliphatic rings. The molecule has 9 aliphatic heterocycles. The number of piperazine rings is 4. The third-order valence-corrected chi connectivity index (χ3v) is 22.2. The minimum absolute atomic E-state index is 0.117. The summed E-state index contributed by atoms with van der Waals surface area (Å²) in [6, 6.07) is 0. The van der Waals surface area contributed by atoms with Crippen LogP contribution in [-0.4, -0.2) is 506 Å². The maximum absolute atomic E-state index is 12.4. The van der Waals surface area contributed by atoms with Gasteiger partial charge in [-0.3, -0.25) is 19.6 Å². The van der Waals surface area contributed by atoms with E-state index >= 15 is 0 Å². The fraction of sp³-hybridized carbons (Fsp3) is 0.965. The van der Waals surface area contributed by atoms with E-state index in [1.807, 2.05) is 27.7 Å². The van der Waals surface area contributed by atoms with E-state index in [9.17, 15) is 45.0 Å². The molecule has 0 amide bonds. The lowest BCUT2D eigenvalue weighted by molar-refractivity contribution is -0.156. The predicted octanol–water partition coefficient (Wildman–Crippen LogP) is -2.63. The minimum atomic E-state index is -0.820. The number of nitrogens with zero attached hydrogens (tertiary/aromatic N) is 11. The Morgan fingerprint density at radius 2 is 0.650 bits per heavy atom. The molecular formula is C85H166N12O26. The third-order valence-electron chi connectivity index (χ3n) is 22.2. The van der Waals surface area contributed by atoms with Crippen molar-refractivity contribution in [3.8, 4) is 0 Å². The average Bonchev–Trinajstić information content (AvgIpc) is 1.76. The topological polar surface area (TPSA) is 413 Å². The van der Waals surface area contributed by atoms with Gasteiger partial charge in [0, 0.05) is 184 Å². The van der Waals surface area contributed by atoms with E-state index in [2.05, 4.69) is 74.3 Å². The van der Waals surface area contributed by atoms with E-state index in [4.69, 9.17) is 86.3 Å². The molecule has 10 heterocycles. The summed E-state index contributed by atoms with van der Waals surface area (Å²) in [6.07, 6.45) is 0.323. The second-order valence-corrected chi connectivity index (χ2v) is 34.1. The molecule has 9 fully saturated rings. The number of aliphatic hydroxyl groups is 6. The monoisotopic (exact) mass is 1770 g/mol. The first kappa shape index (κ1) is 109. The van der Waals surface area contributed by atoms with Crippen LogP contribution < -0.4 is 22.8 Å². The van der Waals surface area contributed by atoms with Crippen molar-refractivity contribution < 1.29 is 111 Å². The van der Waals surface area contributed by atoms with Crippen molar-refractivity contribution in [3.63, 3.8) is 0 Å². The molecule has 0 spiro atoms. The quantitative estimate of drug-likeness (QED) is 0.0259. The first-order valence-electron chi connectivity index (χ1n) is 46.0. The standard InChI is InChI=1S/C49H100N8O12.C18H32O8.C13H19N3O6.C3H9N.C2H6/c1-43(67-31-7-28-63-39-45(59)35-55-20-12-51(3)13-21-55)49(69-33-9-30-65-41-47(61)37-57-24-16-53(5)17-25-57)48(68-32-8-29-64-40-46(60)36-56-22-14-52(4)15-23-56)42-66-27-6-26-62-38-44(58)34-54-18-10-50(2)11-19-54;1-2-14(19)3-20-10-18(11-21-4-15-7-24-15,12-22-5-16-8-25-16)13-23-6-17-9-26-17;1-2-8(17)3-14-11(18)15(4-9-6-21-9)13(20)16(12(14)19)5-10-7-22-10;1-2-3-4;1-2/h43-49,58-61H,6-42H2,1-5H3;14-17,19H,2-13H2,1H3;8-10,17H,2-7H2,1H3;2-4H2,1H3;1-2H3. The summed E-state index contributed by atoms with van der Waals surface area (Å²) in [4.78, 5) is 55.5. The highest BCUT2D eigenvalue weighted by Gasteiger charge is 2.38. The van der Waals surface area contributed by atoms with E-state index < -0.39 is 71.3 Å². The Morgan fingerprint density at radius 1 is 0.366 bits per heavy atom. The number of ether oxygens (including phenoxy) is 17. The normalized spacial score (nSPS) is 23.7. The summed E-state index contributed by atoms with van der Waals surface area (Å²) in [6.45, 7) is 42.8. The van der Waals surface area contributed by atoms with Crippen LogP contribution in [-0.2, 0) is 100 Å². The molecule has 1 aromatic heterocycles. The van der Waals surface area contributed by atoms with Gasteiger partial charge < -0.3 is 136 Å². The summed E-state index contributed by atoms with van der Waals surface area (Å²) in [5.74, 6) is 0. The fourth-order valence-corrected chi connectivity index (χ4v) is 13.7. The summed E-state index contributed by atoms with van der Waals surface area (Å²) >= 11 is 0. The largest absolute Gasteiger partial charge is 0.391 e. The zero-order valence-corrected chi connectivity index (χ0v) is 76.7. The predicted molar refractivity (Wildman–Crippen MR) is 464 cm³/mol. The molecule has 9 saturated heterocycles. The maximum Gasteiger partial charge on any atom is 0.336 e. The van der Waals surface area contributed by atoms with Crippen molar-refractivity contribution in [1.82, 2.24) is 52.9 Å². The van der Waals surface area contributed by atoms with Gasteiger partial charge in [-0.1, -0.05) is 34.6 Å². The summed E-state index contributed by atoms with van der Waals surface area (Å²) in [5.41, 5.74) is 2.53. The average molecular weight is 1770 g/mol. The highest BCUT2D eigenvalue weighted by atomic mass is 16.6. The van der Waals surface area contributed by atoms with Gasteiger partial charge in [-0.25, -0.2) is 28.1 Å². The molecule has 0 aliphatic carbocycles. The molecule has 0 aromatic carbocycles. The van der Waals surface area contributed by atoms with Gasteiger partial charge >= 0.3 is 17.1 Å². The van der Waals surface area contributed by atoms with Crippen LogP contribution in [0.5, 0.6) is 0 Å². The molecule has 8 N–H and O–H groups in total. The number of rotatable bonds is 64. The van der Waals surface area contributed by atoms with Crippen molar-refractivity contribution in [1.29, 1.82) is 0 Å². The lowest BCUT2D eigenvalue weighted by atomic mass is 9.92. The molecule has 1 aromatic rings. The Labute approximate surface area is 732 Å². The zero-order chi connectivity index (χ0) is 89.0. The molecule has 123 heavy (non-hydrogen) atoms. The second kappa shape index (κ2) is 64.0. The van der Waals surface area contributed by atoms with Crippen molar-refractivity contribution in [2.24, 2.45) is 11.1 Å². The fourth-order valence-electron chi connectivity index (χ4n) is 13.7. The van der Waals surface area contributed by atoms with Crippen LogP contribution in [0.25, 0.3) is 0 Å². The maximum atomic E-state index is 12.4. The first-order chi connectivity index (χ1) is 59.5. The minimum Gasteiger partial charge on any atom is -0.391 e. The number of aliphatic hydroxyl groups excluding tert-OH is 6. The van der Waals surface area contributed by atoms with Crippen LogP contribution in [0.15, 0.2) is 14.4 Å². The number of β-amino-alcohol motifs (C(OH)–C–C–N with tert-alkyl or cyclic N) is 4. The van der Waals surface area contributed by atoms with E-state index in [1.54, 1.807) is 6.92 Å². The van der Waals surface area contributed by atoms with Crippen molar-refractivity contribution in [3.05, 3.63) is 31.5 Å². The highest BCUT2D eigenvalue weighted by Crippen LogP contribution is 2.25. The number of likely N-dealkylation sites (N-methyl/N-ethyl adjacent to an activating group) is 4. The van der Waals surface area contributed by atoms with Crippen molar-refractivity contribution in [2.45, 2.75) is 192 Å². The molecule has 722 valence electrons. The Kier molecular flexibility index (Phi) is 56.7. The Bertz CT molecular complexity index is 2850. The van der Waals surface area contributed by atoms with E-state index in [1.165, 1.54) is 0 Å². The lowest BCUT2D eigenvalue weighted by Crippen LogP contribution is -2.56. The number of hydrogen-bond donors (Lipinski definition) is 7. The molecule has 0 radical (unpaired) electrons. The number of nitrogens with two attached hydrogens (primary N) is 1. The molecule has 14 atom stereocenters. The highest BCUT2D eigenvalue weighted by molar-refractivity contribution is 4.88. The lowest BCUT2D eigenvalue weighted by Gasteiger charge is -2.33. The molecule has 10 rings (SSSR count). The smallest absolute Gasteiger partial charge is 0.336 e. The van der Waals surface area contributed by atoms with Gasteiger partial charge in [0.2, 0.25) is 0 Å². The summed E-state index contributed by atoms with van der Waals surface area (Å²) < 4.78 is 101. The van der Waals surface area contributed by atoms with Gasteiger partial charge in [-0.15, -0.1) is 0 Å². The number of aromatic nitrogens is 3. The van der Waals surface area contributed by atoms with Crippen LogP contribution in [0.2, 0.25) is 0 Å². The van der Waals surface area contributed by atoms with Gasteiger partial charge in [-0.2, -0.15) is 0 Å². The van der Waals surface area contributed by atoms with Crippen LogP contribution in [0.1, 0.15) is 86.5 Å². The van der Waals surface area contributed by atoms with Crippen LogP contribution >= 0.6 is 0 Å². The Morgan fingerprint density at radius 3 is 0.967 bits per heavy atom. The third kappa shape index (κ3) is 49.3. The summed E-state index contributed by atoms with van der Waals surface area (Å²) in [5, 5.41) is 62.0. The summed E-state index contributed by atoms with van der Waals surface area (Å²) in [7, 11) is 8.50. The first-order valence-corrected chi connectivity index (χ1v) is 46.0. The Balaban J connectivity index is 0.000000346. The zero-order valence-electron chi connectivity index (χ0n) is 76.7. The van der Waals surface area contributed by atoms with E-state index in [0.29, 0.717) is 190 Å². The van der Waals surface area contributed by atoms with Gasteiger partial charge in [0.05, 0.1) is 199 Å². The SMILES string of the molecule is CC.CC(OCCCOCC(O)CN1CCN(C)CC1)C(OCCCOCC(O)CN1CCN(C)CC1)C(COCCCOCC(O)CN1CCN(C)CC1)OCCCOCC(O)CN1CCN(C)CC1.CCC(O)COCC(COCC1CO1)(COCC1CO1)COCC1CO1.CCC(O)Cn1c(=O)n(CC2CO2)c(=O)n(CC2CO2)c1=O.CCCN. The molecule has 38 nitrogen and oxygen atoms in total. The van der Waals surface area contributed by atoms with Crippen molar-refractivity contribution >= 4 is 0 Å². The molecule has 38 heteroatoms. The van der Waals surface area contributed by atoms with E-state index in [0.717, 1.165) is 151 Å². The van der Waals surface area contributed by atoms with Crippen LogP contribution in [0, 0.1) is 5.41 Å². The Hall–Kier alpha value is -2.87. The van der Waals surface area contributed by atoms with Gasteiger partial charge in [0.15, 0.2) is 0 Å². The second-order valence-electron chi connectivity index (χ2n) is 34.1. The van der Waals surface area contributed by atoms with Gasteiger partial charge in [0.25, 0.3) is 0 Å². The van der Waals surface area contributed by atoms with E-state index in [-0.39, 0.29) is 82.7 Å². The van der Waals surface area contributed by atoms with Gasteiger partial charge in [0.1, 0.15) is 30.5 Å². The molecule has 14 unspecified atom stereocenters. The van der Waals surface area contributed by atoms with Gasteiger partial charge in [-0.05, 0) is 86.6 Å². The van der Waals surface area contributed by atoms with Crippen LogP contribution in [0.4, 0.5) is 0 Å². The molecule has 0 saturated carbocycles. The number of epoxide rings is 5.